The molecule has 9 nitrogen and oxygen atoms in total. The van der Waals surface area contributed by atoms with E-state index in [1.807, 2.05) is 0 Å². The van der Waals surface area contributed by atoms with Crippen LogP contribution in [0.1, 0.15) is 27.1 Å². The number of nitrogens with one attached hydrogen (secondary N) is 2. The predicted octanol–water partition coefficient (Wildman–Crippen LogP) is 2.00. The van der Waals surface area contributed by atoms with E-state index in [-0.39, 0.29) is 34.7 Å². The number of hydrogen-bond donors (Lipinski definition) is 2. The number of carbonyl (C=O) groups excluding carboxylic acids is 4. The van der Waals surface area contributed by atoms with Crippen molar-refractivity contribution in [1.29, 1.82) is 0 Å². The number of para-hydroxylation sites is 2. The zero-order valence-corrected chi connectivity index (χ0v) is 16.2. The molecule has 0 unspecified atom stereocenters. The molecule has 1 heterocycles. The third kappa shape index (κ3) is 5.07. The average Bonchev–Trinajstić information content (AvgIpc) is 3.26. The number of ketones is 1. The molecule has 1 aliphatic heterocycles. The van der Waals surface area contributed by atoms with Gasteiger partial charge in [0, 0.05) is 5.56 Å². The van der Waals surface area contributed by atoms with Gasteiger partial charge in [0.25, 0.3) is 0 Å². The van der Waals surface area contributed by atoms with E-state index in [1.54, 1.807) is 24.3 Å². The normalized spacial score (nSPS) is 13.5. The van der Waals surface area contributed by atoms with Crippen LogP contribution in [0.5, 0.6) is 0 Å². The summed E-state index contributed by atoms with van der Waals surface area (Å²) in [6, 6.07) is 12.4. The van der Waals surface area contributed by atoms with Gasteiger partial charge in [0.15, 0.2) is 12.1 Å². The van der Waals surface area contributed by atoms with E-state index in [2.05, 4.69) is 15.4 Å². The number of methoxy groups -OCH3 is 1. The number of Topliss-reactive ketones (excluding diaryl/α,β-unsaturated/α-hetero) is 1. The first-order chi connectivity index (χ1) is 14.5. The largest absolute Gasteiger partial charge is 0.465 e. The summed E-state index contributed by atoms with van der Waals surface area (Å²) >= 11 is 0. The first-order valence-electron chi connectivity index (χ1n) is 9.14. The minimum atomic E-state index is -1.00. The monoisotopic (exact) mass is 412 g/mol. The Bertz CT molecular complexity index is 967. The van der Waals surface area contributed by atoms with Crippen molar-refractivity contribution in [1.82, 2.24) is 0 Å². The molecule has 0 saturated carbocycles. The van der Waals surface area contributed by atoms with Crippen molar-refractivity contribution in [3.05, 3.63) is 59.7 Å². The molecule has 0 bridgehead atoms. The lowest BCUT2D eigenvalue weighted by molar-refractivity contribution is -0.133. The summed E-state index contributed by atoms with van der Waals surface area (Å²) in [5.74, 6) is -2.95. The fourth-order valence-corrected chi connectivity index (χ4v) is 2.86. The number of esters is 1. The molecule has 1 aliphatic rings. The van der Waals surface area contributed by atoms with Crippen molar-refractivity contribution in [2.45, 2.75) is 12.7 Å². The van der Waals surface area contributed by atoms with Crippen molar-refractivity contribution in [2.75, 3.05) is 31.0 Å². The van der Waals surface area contributed by atoms with Gasteiger partial charge in [-0.15, -0.1) is 0 Å². The van der Waals surface area contributed by atoms with E-state index in [0.717, 1.165) is 0 Å². The number of amides is 2. The topological polar surface area (TPSA) is 120 Å². The van der Waals surface area contributed by atoms with Crippen LogP contribution in [0.4, 0.5) is 11.4 Å². The summed E-state index contributed by atoms with van der Waals surface area (Å²) in [4.78, 5) is 49.1. The number of rotatable bonds is 6. The van der Waals surface area contributed by atoms with Gasteiger partial charge in [-0.05, 0) is 24.3 Å². The van der Waals surface area contributed by atoms with Crippen molar-refractivity contribution < 1.29 is 33.4 Å². The van der Waals surface area contributed by atoms with Crippen LogP contribution < -0.4 is 10.6 Å². The minimum absolute atomic E-state index is 0.00835. The van der Waals surface area contributed by atoms with E-state index < -0.39 is 24.1 Å². The highest BCUT2D eigenvalue weighted by molar-refractivity contribution is 6.44. The quantitative estimate of drug-likeness (QED) is 0.423. The lowest BCUT2D eigenvalue weighted by Gasteiger charge is -2.13. The Morgan fingerprint density at radius 2 is 1.37 bits per heavy atom. The van der Waals surface area contributed by atoms with Crippen LogP contribution in [-0.4, -0.2) is 50.2 Å². The molecule has 0 aliphatic carbocycles. The van der Waals surface area contributed by atoms with Crippen molar-refractivity contribution in [3.63, 3.8) is 0 Å². The molecule has 0 radical (unpaired) electrons. The fourth-order valence-electron chi connectivity index (χ4n) is 2.86. The molecule has 1 fully saturated rings. The standard InChI is InChI=1S/C21H20N2O7/c1-28-21(27)14-7-3-5-9-16(14)23-20(26)19(25)22-15-8-4-2-6-13(15)17(24)12-18-29-10-11-30-18/h2-9,18H,10-12H2,1H3,(H,22,25)(H,23,26). The maximum Gasteiger partial charge on any atom is 0.339 e. The third-order valence-corrected chi connectivity index (χ3v) is 4.31. The van der Waals surface area contributed by atoms with Gasteiger partial charge < -0.3 is 24.8 Å². The Kier molecular flexibility index (Phi) is 6.89. The molecule has 3 rings (SSSR count). The van der Waals surface area contributed by atoms with Gasteiger partial charge in [-0.2, -0.15) is 0 Å². The van der Waals surface area contributed by atoms with Crippen LogP contribution in [0, 0.1) is 0 Å². The van der Waals surface area contributed by atoms with Crippen LogP contribution in [-0.2, 0) is 23.8 Å². The maximum absolute atomic E-state index is 12.6. The van der Waals surface area contributed by atoms with Gasteiger partial charge in [-0.3, -0.25) is 14.4 Å². The van der Waals surface area contributed by atoms with Crippen LogP contribution in [0.15, 0.2) is 48.5 Å². The van der Waals surface area contributed by atoms with Crippen LogP contribution in [0.25, 0.3) is 0 Å². The Balaban J connectivity index is 1.70. The first-order valence-corrected chi connectivity index (χ1v) is 9.14. The van der Waals surface area contributed by atoms with E-state index in [4.69, 9.17) is 9.47 Å². The van der Waals surface area contributed by atoms with E-state index >= 15 is 0 Å². The smallest absolute Gasteiger partial charge is 0.339 e. The SMILES string of the molecule is COC(=O)c1ccccc1NC(=O)C(=O)Nc1ccccc1C(=O)CC1OCCO1. The Morgan fingerprint density at radius 3 is 1.93 bits per heavy atom. The highest BCUT2D eigenvalue weighted by Crippen LogP contribution is 2.21. The maximum atomic E-state index is 12.6. The van der Waals surface area contributed by atoms with Gasteiger partial charge in [0.05, 0.1) is 43.7 Å². The average molecular weight is 412 g/mol. The van der Waals surface area contributed by atoms with Gasteiger partial charge in [0.1, 0.15) is 0 Å². The van der Waals surface area contributed by atoms with Gasteiger partial charge >= 0.3 is 17.8 Å². The molecule has 30 heavy (non-hydrogen) atoms. The molecular weight excluding hydrogens is 392 g/mol. The molecule has 2 amide bonds. The number of ether oxygens (including phenoxy) is 3. The zero-order chi connectivity index (χ0) is 21.5. The molecule has 2 aromatic carbocycles. The number of carbonyl (C=O) groups is 4. The molecule has 2 N–H and O–H groups in total. The highest BCUT2D eigenvalue weighted by atomic mass is 16.7. The van der Waals surface area contributed by atoms with Gasteiger partial charge in [-0.1, -0.05) is 24.3 Å². The first kappa shape index (κ1) is 21.2. The molecular formula is C21H20N2O7. The molecule has 0 aromatic heterocycles. The zero-order valence-electron chi connectivity index (χ0n) is 16.2. The second-order valence-electron chi connectivity index (χ2n) is 6.29. The lowest BCUT2D eigenvalue weighted by Crippen LogP contribution is -2.30. The lowest BCUT2D eigenvalue weighted by atomic mass is 10.1. The van der Waals surface area contributed by atoms with Crippen LogP contribution in [0.2, 0.25) is 0 Å². The minimum Gasteiger partial charge on any atom is -0.465 e. The molecule has 0 spiro atoms. The van der Waals surface area contributed by atoms with E-state index in [1.165, 1.54) is 31.4 Å². The van der Waals surface area contributed by atoms with Crippen molar-refractivity contribution in [2.24, 2.45) is 0 Å². The van der Waals surface area contributed by atoms with Crippen LogP contribution in [0.3, 0.4) is 0 Å². The summed E-state index contributed by atoms with van der Waals surface area (Å²) in [7, 11) is 1.21. The Morgan fingerprint density at radius 1 is 0.867 bits per heavy atom. The Hall–Kier alpha value is -3.56. The third-order valence-electron chi connectivity index (χ3n) is 4.31. The van der Waals surface area contributed by atoms with Crippen LogP contribution >= 0.6 is 0 Å². The van der Waals surface area contributed by atoms with E-state index in [9.17, 15) is 19.2 Å². The molecule has 0 atom stereocenters. The number of hydrogen-bond acceptors (Lipinski definition) is 7. The summed E-state index contributed by atoms with van der Waals surface area (Å²) in [5, 5.41) is 4.81. The summed E-state index contributed by atoms with van der Waals surface area (Å²) in [6.45, 7) is 0.840. The molecule has 1 saturated heterocycles. The summed E-state index contributed by atoms with van der Waals surface area (Å²) < 4.78 is 15.2. The highest BCUT2D eigenvalue weighted by Gasteiger charge is 2.24. The van der Waals surface area contributed by atoms with Crippen molar-refractivity contribution in [3.8, 4) is 0 Å². The van der Waals surface area contributed by atoms with Gasteiger partial charge in [-0.25, -0.2) is 4.79 Å². The molecule has 156 valence electrons. The van der Waals surface area contributed by atoms with E-state index in [0.29, 0.717) is 13.2 Å². The second kappa shape index (κ2) is 9.77. The number of anilines is 2. The number of benzene rings is 2. The van der Waals surface area contributed by atoms with Gasteiger partial charge in [0.2, 0.25) is 0 Å². The second-order valence-corrected chi connectivity index (χ2v) is 6.29. The molecule has 9 heteroatoms. The summed E-state index contributed by atoms with van der Waals surface area (Å²) in [5.41, 5.74) is 0.646. The summed E-state index contributed by atoms with van der Waals surface area (Å²) in [6.07, 6.45) is -0.634. The Labute approximate surface area is 172 Å². The van der Waals surface area contributed by atoms with Crippen molar-refractivity contribution >= 4 is 34.9 Å². The molecule has 2 aromatic rings. The fraction of sp³-hybridized carbons (Fsp3) is 0.238. The predicted molar refractivity (Wildman–Crippen MR) is 106 cm³/mol.